The Morgan fingerprint density at radius 3 is 2.79 bits per heavy atom. The molecular weight excluding hydrogens is 302 g/mol. The molecule has 2 fully saturated rings. The molecule has 2 saturated carbocycles. The quantitative estimate of drug-likeness (QED) is 0.790. The van der Waals surface area contributed by atoms with Crippen LogP contribution in [0.5, 0.6) is 0 Å². The molecule has 4 rings (SSSR count). The van der Waals surface area contributed by atoms with Gasteiger partial charge < -0.3 is 15.7 Å². The topological polar surface area (TPSA) is 74.2 Å². The molecule has 1 aromatic heterocycles. The van der Waals surface area contributed by atoms with E-state index in [0.717, 1.165) is 43.0 Å². The Kier molecular flexibility index (Phi) is 4.10. The summed E-state index contributed by atoms with van der Waals surface area (Å²) < 4.78 is 0. The third-order valence-electron chi connectivity index (χ3n) is 5.04. The first kappa shape index (κ1) is 15.4. The van der Waals surface area contributed by atoms with Crippen molar-refractivity contribution in [2.45, 2.75) is 44.2 Å². The van der Waals surface area contributed by atoms with E-state index >= 15 is 0 Å². The van der Waals surface area contributed by atoms with Gasteiger partial charge in [0.2, 0.25) is 0 Å². The van der Waals surface area contributed by atoms with Crippen LogP contribution in [0.2, 0.25) is 0 Å². The number of aliphatic hydroxyl groups excluding tert-OH is 1. The third-order valence-corrected chi connectivity index (χ3v) is 5.04. The Labute approximate surface area is 141 Å². The number of nitrogens with zero attached hydrogens (tertiary/aromatic N) is 1. The van der Waals surface area contributed by atoms with Crippen LogP contribution in [0, 0.1) is 5.92 Å². The van der Waals surface area contributed by atoms with Crippen molar-refractivity contribution in [3.8, 4) is 0 Å². The monoisotopic (exact) mass is 325 g/mol. The number of aromatic nitrogens is 1. The van der Waals surface area contributed by atoms with E-state index in [2.05, 4.69) is 15.6 Å². The number of para-hydroxylation sites is 1. The van der Waals surface area contributed by atoms with Crippen molar-refractivity contribution in [2.24, 2.45) is 5.92 Å². The van der Waals surface area contributed by atoms with Gasteiger partial charge in [-0.15, -0.1) is 0 Å². The second-order valence-electron chi connectivity index (χ2n) is 6.96. The zero-order chi connectivity index (χ0) is 16.5. The first-order valence-corrected chi connectivity index (χ1v) is 8.83. The average Bonchev–Trinajstić information content (AvgIpc) is 3.31. The second-order valence-corrected chi connectivity index (χ2v) is 6.96. The summed E-state index contributed by atoms with van der Waals surface area (Å²) in [5.74, 6) is 0.941. The molecule has 3 N–H and O–H groups in total. The van der Waals surface area contributed by atoms with Crippen LogP contribution in [-0.2, 0) is 0 Å². The molecule has 0 aliphatic heterocycles. The molecule has 2 atom stereocenters. The largest absolute Gasteiger partial charge is 0.393 e. The highest BCUT2D eigenvalue weighted by Gasteiger charge is 2.26. The Hall–Kier alpha value is -2.14. The van der Waals surface area contributed by atoms with Gasteiger partial charge in [-0.05, 0) is 37.8 Å². The Balaban J connectivity index is 1.59. The Bertz CT molecular complexity index is 757. The van der Waals surface area contributed by atoms with Gasteiger partial charge in [0.25, 0.3) is 5.91 Å². The number of hydrogen-bond acceptors (Lipinski definition) is 4. The summed E-state index contributed by atoms with van der Waals surface area (Å²) in [4.78, 5) is 17.2. The molecule has 2 aromatic rings. The van der Waals surface area contributed by atoms with Gasteiger partial charge >= 0.3 is 0 Å². The number of anilines is 1. The molecule has 0 radical (unpaired) electrons. The summed E-state index contributed by atoms with van der Waals surface area (Å²) in [6.07, 6.45) is 4.91. The molecule has 1 aromatic carbocycles. The highest BCUT2D eigenvalue weighted by atomic mass is 16.3. The zero-order valence-corrected chi connectivity index (χ0v) is 13.7. The molecule has 0 unspecified atom stereocenters. The van der Waals surface area contributed by atoms with E-state index in [1.54, 1.807) is 0 Å². The lowest BCUT2D eigenvalue weighted by Gasteiger charge is -2.16. The molecule has 2 aliphatic rings. The minimum Gasteiger partial charge on any atom is -0.393 e. The molecule has 0 bridgehead atoms. The number of nitrogens with one attached hydrogen (secondary N) is 2. The van der Waals surface area contributed by atoms with Gasteiger partial charge in [-0.25, -0.2) is 4.98 Å². The highest BCUT2D eigenvalue weighted by molar-refractivity contribution is 6.07. The second kappa shape index (κ2) is 6.40. The van der Waals surface area contributed by atoms with Gasteiger partial charge in [0.15, 0.2) is 0 Å². The molecule has 5 heteroatoms. The normalized spacial score (nSPS) is 23.4. The minimum atomic E-state index is -0.226. The van der Waals surface area contributed by atoms with Crippen molar-refractivity contribution >= 4 is 22.6 Å². The summed E-state index contributed by atoms with van der Waals surface area (Å²) in [7, 11) is 0. The van der Waals surface area contributed by atoms with E-state index in [9.17, 15) is 9.90 Å². The van der Waals surface area contributed by atoms with Gasteiger partial charge in [-0.1, -0.05) is 24.6 Å². The maximum absolute atomic E-state index is 12.6. The number of carbonyl (C=O) groups is 1. The van der Waals surface area contributed by atoms with Gasteiger partial charge in [0, 0.05) is 23.9 Å². The standard InChI is InChI=1S/C19H23N3O2/c23-17-7-3-4-12(17)11-20-18-10-15(19(24)21-13-8-9-13)14-5-1-2-6-16(14)22-18/h1-2,5-6,10,12-13,17,23H,3-4,7-9,11H2,(H,20,22)(H,21,24)/t12-,17-/m0/s1. The van der Waals surface area contributed by atoms with Crippen LogP contribution in [0.25, 0.3) is 10.9 Å². The van der Waals surface area contributed by atoms with E-state index in [-0.39, 0.29) is 17.9 Å². The van der Waals surface area contributed by atoms with E-state index in [4.69, 9.17) is 0 Å². The van der Waals surface area contributed by atoms with E-state index in [1.165, 1.54) is 0 Å². The number of amides is 1. The molecule has 126 valence electrons. The minimum absolute atomic E-state index is 0.0277. The fourth-order valence-electron chi connectivity index (χ4n) is 3.44. The van der Waals surface area contributed by atoms with Crippen LogP contribution in [0.15, 0.2) is 30.3 Å². The first-order chi connectivity index (χ1) is 11.7. The summed E-state index contributed by atoms with van der Waals surface area (Å²) in [6.45, 7) is 0.691. The maximum atomic E-state index is 12.6. The highest BCUT2D eigenvalue weighted by Crippen LogP contribution is 2.27. The molecule has 2 aliphatic carbocycles. The average molecular weight is 325 g/mol. The van der Waals surface area contributed by atoms with Gasteiger partial charge in [-0.2, -0.15) is 0 Å². The summed E-state index contributed by atoms with van der Waals surface area (Å²) >= 11 is 0. The summed E-state index contributed by atoms with van der Waals surface area (Å²) in [5, 5.41) is 17.2. The number of aliphatic hydroxyl groups is 1. The van der Waals surface area contributed by atoms with Gasteiger partial charge in [-0.3, -0.25) is 4.79 Å². The van der Waals surface area contributed by atoms with Crippen LogP contribution in [0.1, 0.15) is 42.5 Å². The number of rotatable bonds is 5. The van der Waals surface area contributed by atoms with Crippen LogP contribution in [-0.4, -0.2) is 34.7 Å². The van der Waals surface area contributed by atoms with Crippen molar-refractivity contribution in [3.63, 3.8) is 0 Å². The molecule has 5 nitrogen and oxygen atoms in total. The van der Waals surface area contributed by atoms with E-state index in [0.29, 0.717) is 24.0 Å². The van der Waals surface area contributed by atoms with Crippen molar-refractivity contribution in [2.75, 3.05) is 11.9 Å². The fraction of sp³-hybridized carbons (Fsp3) is 0.474. The van der Waals surface area contributed by atoms with E-state index in [1.807, 2.05) is 30.3 Å². The van der Waals surface area contributed by atoms with Crippen molar-refractivity contribution in [1.29, 1.82) is 0 Å². The molecule has 1 heterocycles. The van der Waals surface area contributed by atoms with Crippen molar-refractivity contribution in [3.05, 3.63) is 35.9 Å². The lowest BCUT2D eigenvalue weighted by Crippen LogP contribution is -2.26. The molecule has 24 heavy (non-hydrogen) atoms. The molecular formula is C19H23N3O2. The van der Waals surface area contributed by atoms with Crippen molar-refractivity contribution in [1.82, 2.24) is 10.3 Å². The van der Waals surface area contributed by atoms with Crippen LogP contribution in [0.4, 0.5) is 5.82 Å². The number of hydrogen-bond donors (Lipinski definition) is 3. The number of pyridine rings is 1. The Morgan fingerprint density at radius 2 is 2.04 bits per heavy atom. The number of benzene rings is 1. The SMILES string of the molecule is O=C(NC1CC1)c1cc(NC[C@@H]2CCC[C@@H]2O)nc2ccccc12. The summed E-state index contributed by atoms with van der Waals surface area (Å²) in [6, 6.07) is 9.89. The smallest absolute Gasteiger partial charge is 0.252 e. The van der Waals surface area contributed by atoms with Crippen LogP contribution in [0.3, 0.4) is 0 Å². The maximum Gasteiger partial charge on any atom is 0.252 e. The Morgan fingerprint density at radius 1 is 1.21 bits per heavy atom. The third kappa shape index (κ3) is 3.22. The molecule has 1 amide bonds. The zero-order valence-electron chi connectivity index (χ0n) is 13.7. The number of carbonyl (C=O) groups excluding carboxylic acids is 1. The van der Waals surface area contributed by atoms with Crippen LogP contribution < -0.4 is 10.6 Å². The van der Waals surface area contributed by atoms with Crippen LogP contribution >= 0.6 is 0 Å². The molecule has 0 spiro atoms. The lowest BCUT2D eigenvalue weighted by atomic mass is 10.1. The van der Waals surface area contributed by atoms with Crippen molar-refractivity contribution < 1.29 is 9.90 Å². The predicted molar refractivity (Wildman–Crippen MR) is 94.1 cm³/mol. The lowest BCUT2D eigenvalue weighted by molar-refractivity contribution is 0.0952. The first-order valence-electron chi connectivity index (χ1n) is 8.83. The predicted octanol–water partition coefficient (Wildman–Crippen LogP) is 2.70. The summed E-state index contributed by atoms with van der Waals surface area (Å²) in [5.41, 5.74) is 1.48. The van der Waals surface area contributed by atoms with E-state index < -0.39 is 0 Å². The van der Waals surface area contributed by atoms with Gasteiger partial charge in [0.1, 0.15) is 5.82 Å². The number of fused-ring (bicyclic) bond motifs is 1. The fourth-order valence-corrected chi connectivity index (χ4v) is 3.44. The molecule has 0 saturated heterocycles. The van der Waals surface area contributed by atoms with Gasteiger partial charge in [0.05, 0.1) is 17.2 Å².